The van der Waals surface area contributed by atoms with Crippen LogP contribution < -0.4 is 0 Å². The number of thiol groups is 1. The molecule has 0 amide bonds. The highest BCUT2D eigenvalue weighted by Gasteiger charge is 2.47. The minimum Gasteiger partial charge on any atom is -0.461 e. The number of benzene rings is 1. The predicted octanol–water partition coefficient (Wildman–Crippen LogP) is 5.37. The quantitative estimate of drug-likeness (QED) is 0.455. The van der Waals surface area contributed by atoms with Gasteiger partial charge in [0.15, 0.2) is 0 Å². The molecule has 2 saturated heterocycles. The molecule has 0 bridgehead atoms. The summed E-state index contributed by atoms with van der Waals surface area (Å²) < 4.78 is 11.2. The van der Waals surface area contributed by atoms with Gasteiger partial charge in [-0.3, -0.25) is 9.59 Å². The molecule has 4 nitrogen and oxygen atoms in total. The molecule has 2 aliphatic rings. The number of ether oxygens (including phenoxy) is 2. The van der Waals surface area contributed by atoms with E-state index in [0.717, 1.165) is 37.7 Å². The summed E-state index contributed by atoms with van der Waals surface area (Å²) in [6, 6.07) is 10.00. The molecule has 0 spiro atoms. The van der Waals surface area contributed by atoms with Crippen LogP contribution in [0.3, 0.4) is 0 Å². The molecule has 29 heavy (non-hydrogen) atoms. The van der Waals surface area contributed by atoms with Gasteiger partial charge in [-0.15, -0.1) is 0 Å². The lowest BCUT2D eigenvalue weighted by Crippen LogP contribution is -2.49. The highest BCUT2D eigenvalue weighted by molar-refractivity contribution is 7.81. The van der Waals surface area contributed by atoms with Crippen LogP contribution in [0.25, 0.3) is 0 Å². The van der Waals surface area contributed by atoms with E-state index in [1.807, 2.05) is 37.3 Å². The Bertz CT molecular complexity index is 715. The average molecular weight is 419 g/mol. The zero-order valence-electron chi connectivity index (χ0n) is 18.0. The zero-order chi connectivity index (χ0) is 21.2. The van der Waals surface area contributed by atoms with Gasteiger partial charge in [-0.25, -0.2) is 0 Å². The Kier molecular flexibility index (Phi) is 6.98. The molecule has 1 aromatic carbocycles. The van der Waals surface area contributed by atoms with Crippen LogP contribution in [0.15, 0.2) is 30.3 Å². The Balaban J connectivity index is 1.61. The van der Waals surface area contributed by atoms with E-state index in [9.17, 15) is 9.59 Å². The standard InChI is InChI=1S/C24H34O4S/c1-5-17(11-13-20-21(15(2)29)23(26)28-20)24(3,4)18-12-14-19(27-22(18)25)16-9-7-6-8-10-16/h6-10,15,17-21,29H,5,11-14H2,1-4H3. The van der Waals surface area contributed by atoms with Crippen molar-refractivity contribution >= 4 is 24.6 Å². The maximum Gasteiger partial charge on any atom is 0.314 e. The maximum atomic E-state index is 12.9. The van der Waals surface area contributed by atoms with Crippen LogP contribution in [-0.2, 0) is 19.1 Å². The second-order valence-corrected chi connectivity index (χ2v) is 10.0. The second-order valence-electron chi connectivity index (χ2n) is 9.21. The zero-order valence-corrected chi connectivity index (χ0v) is 18.9. The van der Waals surface area contributed by atoms with E-state index in [4.69, 9.17) is 9.47 Å². The van der Waals surface area contributed by atoms with Crippen LogP contribution in [0.2, 0.25) is 0 Å². The molecule has 2 fully saturated rings. The van der Waals surface area contributed by atoms with E-state index in [2.05, 4.69) is 33.4 Å². The number of rotatable bonds is 8. The van der Waals surface area contributed by atoms with E-state index < -0.39 is 0 Å². The lowest BCUT2D eigenvalue weighted by Gasteiger charge is -2.44. The first kappa shape index (κ1) is 22.2. The van der Waals surface area contributed by atoms with Gasteiger partial charge in [0.25, 0.3) is 0 Å². The first-order valence-corrected chi connectivity index (χ1v) is 11.4. The number of esters is 2. The van der Waals surface area contributed by atoms with E-state index in [1.54, 1.807) is 0 Å². The maximum absolute atomic E-state index is 12.9. The lowest BCUT2D eigenvalue weighted by molar-refractivity contribution is -0.185. The smallest absolute Gasteiger partial charge is 0.314 e. The number of hydrogen-bond acceptors (Lipinski definition) is 5. The molecule has 5 heteroatoms. The average Bonchev–Trinajstić information content (AvgIpc) is 2.67. The monoisotopic (exact) mass is 418 g/mol. The molecule has 0 saturated carbocycles. The first-order valence-electron chi connectivity index (χ1n) is 10.9. The molecule has 0 aliphatic carbocycles. The van der Waals surface area contributed by atoms with Gasteiger partial charge < -0.3 is 9.47 Å². The van der Waals surface area contributed by atoms with Gasteiger partial charge in [-0.05, 0) is 42.6 Å². The number of cyclic esters (lactones) is 2. The molecule has 6 unspecified atom stereocenters. The van der Waals surface area contributed by atoms with Gasteiger partial charge in [0.05, 0.1) is 5.92 Å². The number of carbonyl (C=O) groups is 2. The Labute approximate surface area is 180 Å². The molecule has 0 N–H and O–H groups in total. The van der Waals surface area contributed by atoms with Gasteiger partial charge in [-0.1, -0.05) is 64.4 Å². The Morgan fingerprint density at radius 3 is 2.34 bits per heavy atom. The molecule has 2 heterocycles. The van der Waals surface area contributed by atoms with Crippen molar-refractivity contribution in [3.63, 3.8) is 0 Å². The van der Waals surface area contributed by atoms with Crippen molar-refractivity contribution in [2.45, 2.75) is 77.3 Å². The summed E-state index contributed by atoms with van der Waals surface area (Å²) in [7, 11) is 0. The van der Waals surface area contributed by atoms with Crippen molar-refractivity contribution in [2.75, 3.05) is 0 Å². The Morgan fingerprint density at radius 2 is 1.79 bits per heavy atom. The highest BCUT2D eigenvalue weighted by Crippen LogP contribution is 2.47. The SMILES string of the molecule is CCC(CCC1OC(=O)C1C(C)S)C(C)(C)C1CCC(c2ccccc2)OC1=O. The third-order valence-electron chi connectivity index (χ3n) is 7.13. The van der Waals surface area contributed by atoms with E-state index in [-0.39, 0.29) is 46.6 Å². The van der Waals surface area contributed by atoms with Crippen molar-refractivity contribution in [3.8, 4) is 0 Å². The van der Waals surface area contributed by atoms with Crippen molar-refractivity contribution < 1.29 is 19.1 Å². The van der Waals surface area contributed by atoms with Gasteiger partial charge >= 0.3 is 11.9 Å². The van der Waals surface area contributed by atoms with Crippen molar-refractivity contribution in [1.82, 2.24) is 0 Å². The molecule has 1 aromatic rings. The van der Waals surface area contributed by atoms with Crippen LogP contribution in [0.5, 0.6) is 0 Å². The molecule has 6 atom stereocenters. The summed E-state index contributed by atoms with van der Waals surface area (Å²) in [6.45, 7) is 8.52. The summed E-state index contributed by atoms with van der Waals surface area (Å²) in [6.07, 6.45) is 4.28. The fourth-order valence-corrected chi connectivity index (χ4v) is 5.49. The van der Waals surface area contributed by atoms with Gasteiger partial charge in [0, 0.05) is 5.25 Å². The van der Waals surface area contributed by atoms with E-state index >= 15 is 0 Å². The van der Waals surface area contributed by atoms with Crippen LogP contribution in [0.4, 0.5) is 0 Å². The molecule has 0 radical (unpaired) electrons. The van der Waals surface area contributed by atoms with Gasteiger partial charge in [-0.2, -0.15) is 12.6 Å². The minimum absolute atomic E-state index is 0.0116. The van der Waals surface area contributed by atoms with Crippen LogP contribution in [0.1, 0.15) is 71.5 Å². The first-order chi connectivity index (χ1) is 13.8. The molecule has 3 rings (SSSR count). The summed E-state index contributed by atoms with van der Waals surface area (Å²) in [5.74, 6) is -0.0530. The molecular formula is C24H34O4S. The molecule has 160 valence electrons. The summed E-state index contributed by atoms with van der Waals surface area (Å²) in [5.41, 5.74) is 0.909. The summed E-state index contributed by atoms with van der Waals surface area (Å²) in [5, 5.41) is 0.0116. The third-order valence-corrected chi connectivity index (χ3v) is 7.46. The van der Waals surface area contributed by atoms with E-state index in [0.29, 0.717) is 5.92 Å². The molecule has 0 aromatic heterocycles. The van der Waals surface area contributed by atoms with Crippen LogP contribution in [0, 0.1) is 23.2 Å². The summed E-state index contributed by atoms with van der Waals surface area (Å²) in [4.78, 5) is 24.6. The molecular weight excluding hydrogens is 384 g/mol. The van der Waals surface area contributed by atoms with Crippen molar-refractivity contribution in [2.24, 2.45) is 23.2 Å². The Morgan fingerprint density at radius 1 is 1.10 bits per heavy atom. The minimum atomic E-state index is -0.163. The number of carbonyl (C=O) groups excluding carboxylic acids is 2. The second kappa shape index (κ2) is 9.11. The number of hydrogen-bond donors (Lipinski definition) is 1. The van der Waals surface area contributed by atoms with Gasteiger partial charge in [0.2, 0.25) is 0 Å². The van der Waals surface area contributed by atoms with Crippen molar-refractivity contribution in [3.05, 3.63) is 35.9 Å². The topological polar surface area (TPSA) is 52.6 Å². The predicted molar refractivity (Wildman–Crippen MR) is 117 cm³/mol. The normalized spacial score (nSPS) is 29.4. The fourth-order valence-electron chi connectivity index (χ4n) is 5.17. The Hall–Kier alpha value is -1.49. The van der Waals surface area contributed by atoms with Gasteiger partial charge in [0.1, 0.15) is 18.1 Å². The lowest BCUT2D eigenvalue weighted by atomic mass is 9.64. The fraction of sp³-hybridized carbons (Fsp3) is 0.667. The largest absolute Gasteiger partial charge is 0.461 e. The molecule has 2 aliphatic heterocycles. The van der Waals surface area contributed by atoms with Crippen LogP contribution in [-0.4, -0.2) is 23.3 Å². The highest BCUT2D eigenvalue weighted by atomic mass is 32.1. The van der Waals surface area contributed by atoms with Crippen molar-refractivity contribution in [1.29, 1.82) is 0 Å². The van der Waals surface area contributed by atoms with E-state index in [1.165, 1.54) is 0 Å². The summed E-state index contributed by atoms with van der Waals surface area (Å²) >= 11 is 4.44. The van der Waals surface area contributed by atoms with Crippen LogP contribution >= 0.6 is 12.6 Å². The third kappa shape index (κ3) is 4.65.